The first-order valence-electron chi connectivity index (χ1n) is 9.04. The van der Waals surface area contributed by atoms with Gasteiger partial charge in [-0.05, 0) is 17.9 Å². The van der Waals surface area contributed by atoms with Gasteiger partial charge in [-0.25, -0.2) is 4.98 Å². The number of hydrogen-bond donors (Lipinski definition) is 0. The second kappa shape index (κ2) is 7.25. The fourth-order valence-electron chi connectivity index (χ4n) is 3.52. The minimum atomic E-state index is 0.0284. The Morgan fingerprint density at radius 1 is 1.04 bits per heavy atom. The van der Waals surface area contributed by atoms with Crippen LogP contribution in [0.25, 0.3) is 10.8 Å². The largest absolute Gasteiger partial charge is 0.337 e. The van der Waals surface area contributed by atoms with E-state index < -0.39 is 0 Å². The van der Waals surface area contributed by atoms with Crippen molar-refractivity contribution in [3.63, 3.8) is 0 Å². The lowest BCUT2D eigenvalue weighted by atomic mass is 10.1. The van der Waals surface area contributed by atoms with E-state index in [0.717, 1.165) is 49.2 Å². The number of benzene rings is 1. The van der Waals surface area contributed by atoms with Crippen molar-refractivity contribution < 1.29 is 4.79 Å². The predicted octanol–water partition coefficient (Wildman–Crippen LogP) is 2.32. The SMILES string of the molecule is Cn1ccnc1CN1CCCN(C(=O)c2nccc3ccccc23)CC1. The minimum Gasteiger partial charge on any atom is -0.337 e. The van der Waals surface area contributed by atoms with Gasteiger partial charge in [0.1, 0.15) is 11.5 Å². The second-order valence-corrected chi connectivity index (χ2v) is 6.76. The van der Waals surface area contributed by atoms with Gasteiger partial charge in [0.25, 0.3) is 5.91 Å². The molecule has 1 amide bonds. The lowest BCUT2D eigenvalue weighted by molar-refractivity contribution is 0.0757. The van der Waals surface area contributed by atoms with E-state index in [4.69, 9.17) is 0 Å². The van der Waals surface area contributed by atoms with Crippen LogP contribution >= 0.6 is 0 Å². The molecule has 26 heavy (non-hydrogen) atoms. The Hall–Kier alpha value is -2.73. The Labute approximate surface area is 153 Å². The summed E-state index contributed by atoms with van der Waals surface area (Å²) in [4.78, 5) is 26.2. The maximum Gasteiger partial charge on any atom is 0.273 e. The van der Waals surface area contributed by atoms with Crippen molar-refractivity contribution in [3.8, 4) is 0 Å². The van der Waals surface area contributed by atoms with Crippen LogP contribution in [0.1, 0.15) is 22.7 Å². The first kappa shape index (κ1) is 16.7. The molecule has 0 spiro atoms. The van der Waals surface area contributed by atoms with Crippen LogP contribution in [0.5, 0.6) is 0 Å². The summed E-state index contributed by atoms with van der Waals surface area (Å²) in [5.41, 5.74) is 0.556. The molecule has 0 bridgehead atoms. The number of carbonyl (C=O) groups excluding carboxylic acids is 1. The molecule has 0 aliphatic carbocycles. The van der Waals surface area contributed by atoms with Gasteiger partial charge in [0.15, 0.2) is 0 Å². The molecule has 1 aromatic carbocycles. The van der Waals surface area contributed by atoms with Gasteiger partial charge in [-0.2, -0.15) is 0 Å². The third-order valence-electron chi connectivity index (χ3n) is 5.04. The van der Waals surface area contributed by atoms with Crippen molar-refractivity contribution in [2.24, 2.45) is 7.05 Å². The number of nitrogens with zero attached hydrogens (tertiary/aromatic N) is 5. The lowest BCUT2D eigenvalue weighted by Gasteiger charge is -2.22. The van der Waals surface area contributed by atoms with Crippen LogP contribution in [-0.2, 0) is 13.6 Å². The fraction of sp³-hybridized carbons (Fsp3) is 0.350. The second-order valence-electron chi connectivity index (χ2n) is 6.76. The highest BCUT2D eigenvalue weighted by Crippen LogP contribution is 2.19. The Bertz CT molecular complexity index is 914. The summed E-state index contributed by atoms with van der Waals surface area (Å²) in [5, 5.41) is 1.98. The lowest BCUT2D eigenvalue weighted by Crippen LogP contribution is -2.35. The first-order valence-corrected chi connectivity index (χ1v) is 9.04. The molecule has 1 aliphatic rings. The Kier molecular flexibility index (Phi) is 4.67. The molecule has 0 N–H and O–H groups in total. The average molecular weight is 349 g/mol. The van der Waals surface area contributed by atoms with Gasteiger partial charge in [-0.3, -0.25) is 14.7 Å². The van der Waals surface area contributed by atoms with Gasteiger partial charge in [-0.1, -0.05) is 24.3 Å². The van der Waals surface area contributed by atoms with Crippen LogP contribution in [0.2, 0.25) is 0 Å². The van der Waals surface area contributed by atoms with Gasteiger partial charge >= 0.3 is 0 Å². The molecule has 2 aromatic heterocycles. The molecule has 3 aromatic rings. The van der Waals surface area contributed by atoms with E-state index in [9.17, 15) is 4.79 Å². The molecule has 1 fully saturated rings. The average Bonchev–Trinajstić information content (AvgIpc) is 2.93. The van der Waals surface area contributed by atoms with Gasteiger partial charge < -0.3 is 9.47 Å². The van der Waals surface area contributed by atoms with Crippen molar-refractivity contribution in [2.45, 2.75) is 13.0 Å². The van der Waals surface area contributed by atoms with E-state index in [-0.39, 0.29) is 5.91 Å². The minimum absolute atomic E-state index is 0.0284. The zero-order valence-corrected chi connectivity index (χ0v) is 15.0. The highest BCUT2D eigenvalue weighted by atomic mass is 16.2. The quantitative estimate of drug-likeness (QED) is 0.728. The topological polar surface area (TPSA) is 54.3 Å². The molecule has 134 valence electrons. The summed E-state index contributed by atoms with van der Waals surface area (Å²) >= 11 is 0. The summed E-state index contributed by atoms with van der Waals surface area (Å²) in [6.07, 6.45) is 6.48. The number of pyridine rings is 1. The predicted molar refractivity (Wildman–Crippen MR) is 101 cm³/mol. The van der Waals surface area contributed by atoms with Crippen LogP contribution in [0, 0.1) is 0 Å². The molecule has 3 heterocycles. The maximum absolute atomic E-state index is 13.1. The third kappa shape index (κ3) is 3.32. The van der Waals surface area contributed by atoms with Crippen LogP contribution in [0.3, 0.4) is 0 Å². The highest BCUT2D eigenvalue weighted by molar-refractivity contribution is 6.05. The van der Waals surface area contributed by atoms with Gasteiger partial charge in [0, 0.05) is 57.2 Å². The van der Waals surface area contributed by atoms with E-state index >= 15 is 0 Å². The van der Waals surface area contributed by atoms with E-state index in [0.29, 0.717) is 12.2 Å². The van der Waals surface area contributed by atoms with Gasteiger partial charge in [0.05, 0.1) is 6.54 Å². The third-order valence-corrected chi connectivity index (χ3v) is 5.04. The first-order chi connectivity index (χ1) is 12.7. The number of hydrogen-bond acceptors (Lipinski definition) is 4. The molecule has 1 saturated heterocycles. The number of carbonyl (C=O) groups is 1. The molecule has 0 unspecified atom stereocenters. The van der Waals surface area contributed by atoms with E-state index in [1.54, 1.807) is 6.20 Å². The summed E-state index contributed by atoms with van der Waals surface area (Å²) in [7, 11) is 2.02. The van der Waals surface area contributed by atoms with Crippen LogP contribution in [0.15, 0.2) is 48.9 Å². The Morgan fingerprint density at radius 2 is 1.92 bits per heavy atom. The van der Waals surface area contributed by atoms with Crippen molar-refractivity contribution >= 4 is 16.7 Å². The van der Waals surface area contributed by atoms with Crippen LogP contribution < -0.4 is 0 Å². The van der Waals surface area contributed by atoms with Crippen LogP contribution in [0.4, 0.5) is 0 Å². The van der Waals surface area contributed by atoms with Gasteiger partial charge in [0.2, 0.25) is 0 Å². The van der Waals surface area contributed by atoms with Gasteiger partial charge in [-0.15, -0.1) is 0 Å². The van der Waals surface area contributed by atoms with E-state index in [1.807, 2.05) is 59.2 Å². The Morgan fingerprint density at radius 3 is 2.77 bits per heavy atom. The Balaban J connectivity index is 1.48. The molecule has 0 atom stereocenters. The number of fused-ring (bicyclic) bond motifs is 1. The maximum atomic E-state index is 13.1. The van der Waals surface area contributed by atoms with E-state index in [2.05, 4.69) is 14.9 Å². The molecule has 0 radical (unpaired) electrons. The van der Waals surface area contributed by atoms with Crippen molar-refractivity contribution in [2.75, 3.05) is 26.2 Å². The molecule has 6 nitrogen and oxygen atoms in total. The summed E-state index contributed by atoms with van der Waals surface area (Å²) in [6.45, 7) is 4.12. The smallest absolute Gasteiger partial charge is 0.273 e. The summed E-state index contributed by atoms with van der Waals surface area (Å²) < 4.78 is 2.05. The molecule has 4 rings (SSSR count). The zero-order chi connectivity index (χ0) is 17.9. The number of amides is 1. The van der Waals surface area contributed by atoms with Crippen molar-refractivity contribution in [3.05, 3.63) is 60.4 Å². The van der Waals surface area contributed by atoms with E-state index in [1.165, 1.54) is 0 Å². The summed E-state index contributed by atoms with van der Waals surface area (Å²) in [5.74, 6) is 1.08. The number of aryl methyl sites for hydroxylation is 1. The van der Waals surface area contributed by atoms with Crippen molar-refractivity contribution in [1.82, 2.24) is 24.3 Å². The normalized spacial score (nSPS) is 16.0. The number of aromatic nitrogens is 3. The fourth-order valence-corrected chi connectivity index (χ4v) is 3.52. The molecular weight excluding hydrogens is 326 g/mol. The monoisotopic (exact) mass is 349 g/mol. The highest BCUT2D eigenvalue weighted by Gasteiger charge is 2.23. The number of imidazole rings is 1. The molecular formula is C20H23N5O. The standard InChI is InChI=1S/C20H23N5O/c1-23-12-9-21-18(23)15-24-10-4-11-25(14-13-24)20(26)19-17-6-3-2-5-16(17)7-8-22-19/h2-3,5-9,12H,4,10-11,13-15H2,1H3. The number of rotatable bonds is 3. The molecule has 6 heteroatoms. The van der Waals surface area contributed by atoms with Crippen LogP contribution in [-0.4, -0.2) is 56.4 Å². The summed E-state index contributed by atoms with van der Waals surface area (Å²) in [6, 6.07) is 9.88. The molecule has 0 saturated carbocycles. The molecule has 1 aliphatic heterocycles. The van der Waals surface area contributed by atoms with Crippen molar-refractivity contribution in [1.29, 1.82) is 0 Å². The zero-order valence-electron chi connectivity index (χ0n) is 15.0.